The van der Waals surface area contributed by atoms with Crippen molar-refractivity contribution in [2.75, 3.05) is 52.4 Å². The van der Waals surface area contributed by atoms with E-state index >= 15 is 0 Å². The maximum Gasteiger partial charge on any atom is 0.220 e. The molecular weight excluding hydrogens is 352 g/mol. The SMILES string of the molecule is CCN(CC)CCNC(=O)CCCCCCCCC(=O)NCCN(CC)CC. The van der Waals surface area contributed by atoms with E-state index in [1.165, 1.54) is 0 Å². The Morgan fingerprint density at radius 3 is 1.21 bits per heavy atom. The Balaban J connectivity index is 3.42. The molecule has 0 heterocycles. The first-order chi connectivity index (χ1) is 13.6. The maximum absolute atomic E-state index is 11.8. The standard InChI is InChI=1S/C22H46N4O2/c1-5-25(6-2)19-17-23-21(27)15-13-11-9-10-12-14-16-22(28)24-18-20-26(7-3)8-4/h5-20H2,1-4H3,(H,23,27)(H,24,28). The number of unbranched alkanes of at least 4 members (excludes halogenated alkanes) is 5. The van der Waals surface area contributed by atoms with Gasteiger partial charge in [0.25, 0.3) is 0 Å². The highest BCUT2D eigenvalue weighted by molar-refractivity contribution is 5.76. The van der Waals surface area contributed by atoms with Crippen LogP contribution in [0.5, 0.6) is 0 Å². The summed E-state index contributed by atoms with van der Waals surface area (Å²) in [5.41, 5.74) is 0. The van der Waals surface area contributed by atoms with Gasteiger partial charge in [-0.2, -0.15) is 0 Å². The molecule has 0 aliphatic rings. The molecule has 0 atom stereocenters. The molecule has 0 rings (SSSR count). The molecule has 0 spiro atoms. The number of likely N-dealkylation sites (N-methyl/N-ethyl adjacent to an activating group) is 2. The van der Waals surface area contributed by atoms with Crippen LogP contribution in [-0.4, -0.2) is 74.0 Å². The molecule has 6 nitrogen and oxygen atoms in total. The first kappa shape index (κ1) is 26.9. The van der Waals surface area contributed by atoms with Gasteiger partial charge in [-0.3, -0.25) is 9.59 Å². The van der Waals surface area contributed by atoms with Gasteiger partial charge in [-0.15, -0.1) is 0 Å². The number of hydrogen-bond donors (Lipinski definition) is 2. The largest absolute Gasteiger partial charge is 0.355 e. The van der Waals surface area contributed by atoms with Crippen LogP contribution >= 0.6 is 0 Å². The second-order valence-corrected chi connectivity index (χ2v) is 7.37. The van der Waals surface area contributed by atoms with Crippen molar-refractivity contribution in [3.63, 3.8) is 0 Å². The van der Waals surface area contributed by atoms with E-state index in [4.69, 9.17) is 0 Å². The maximum atomic E-state index is 11.8. The molecule has 0 radical (unpaired) electrons. The summed E-state index contributed by atoms with van der Waals surface area (Å²) in [4.78, 5) is 28.2. The number of carbonyl (C=O) groups excluding carboxylic acids is 2. The number of amides is 2. The predicted octanol–water partition coefficient (Wildman–Crippen LogP) is 3.02. The minimum atomic E-state index is 0.175. The van der Waals surface area contributed by atoms with E-state index in [-0.39, 0.29) is 11.8 Å². The first-order valence-electron chi connectivity index (χ1n) is 11.5. The van der Waals surface area contributed by atoms with Crippen LogP contribution in [0.1, 0.15) is 79.1 Å². The smallest absolute Gasteiger partial charge is 0.220 e. The van der Waals surface area contributed by atoms with Crippen molar-refractivity contribution in [3.8, 4) is 0 Å². The van der Waals surface area contributed by atoms with Gasteiger partial charge in [0, 0.05) is 39.0 Å². The molecular formula is C22H46N4O2. The Labute approximate surface area is 173 Å². The van der Waals surface area contributed by atoms with Gasteiger partial charge in [0.05, 0.1) is 0 Å². The highest BCUT2D eigenvalue weighted by atomic mass is 16.2. The molecule has 0 aliphatic heterocycles. The van der Waals surface area contributed by atoms with Crippen LogP contribution in [0.4, 0.5) is 0 Å². The first-order valence-corrected chi connectivity index (χ1v) is 11.5. The second kappa shape index (κ2) is 19.2. The van der Waals surface area contributed by atoms with E-state index in [0.717, 1.165) is 90.9 Å². The fourth-order valence-electron chi connectivity index (χ4n) is 3.24. The van der Waals surface area contributed by atoms with Gasteiger partial charge in [0.1, 0.15) is 0 Å². The van der Waals surface area contributed by atoms with Gasteiger partial charge < -0.3 is 20.4 Å². The van der Waals surface area contributed by atoms with Crippen LogP contribution in [0.15, 0.2) is 0 Å². The monoisotopic (exact) mass is 398 g/mol. The third-order valence-corrected chi connectivity index (χ3v) is 5.35. The highest BCUT2D eigenvalue weighted by Gasteiger charge is 2.04. The summed E-state index contributed by atoms with van der Waals surface area (Å²) < 4.78 is 0. The fourth-order valence-corrected chi connectivity index (χ4v) is 3.24. The van der Waals surface area contributed by atoms with Crippen molar-refractivity contribution in [1.29, 1.82) is 0 Å². The Morgan fingerprint density at radius 1 is 0.571 bits per heavy atom. The third kappa shape index (κ3) is 15.9. The minimum absolute atomic E-state index is 0.175. The van der Waals surface area contributed by atoms with Gasteiger partial charge in [-0.05, 0) is 39.0 Å². The summed E-state index contributed by atoms with van der Waals surface area (Å²) in [5, 5.41) is 6.02. The van der Waals surface area contributed by atoms with Crippen LogP contribution < -0.4 is 10.6 Å². The predicted molar refractivity (Wildman–Crippen MR) is 119 cm³/mol. The highest BCUT2D eigenvalue weighted by Crippen LogP contribution is 2.08. The van der Waals surface area contributed by atoms with E-state index in [9.17, 15) is 9.59 Å². The molecule has 0 aromatic carbocycles. The zero-order valence-corrected chi connectivity index (χ0v) is 19.0. The number of rotatable bonds is 19. The van der Waals surface area contributed by atoms with E-state index in [2.05, 4.69) is 48.1 Å². The van der Waals surface area contributed by atoms with Crippen molar-refractivity contribution in [3.05, 3.63) is 0 Å². The van der Waals surface area contributed by atoms with Crippen molar-refractivity contribution < 1.29 is 9.59 Å². The lowest BCUT2D eigenvalue weighted by molar-refractivity contribution is -0.122. The van der Waals surface area contributed by atoms with Gasteiger partial charge in [0.2, 0.25) is 11.8 Å². The molecule has 166 valence electrons. The zero-order chi connectivity index (χ0) is 21.0. The van der Waals surface area contributed by atoms with Gasteiger partial charge in [-0.25, -0.2) is 0 Å². The van der Waals surface area contributed by atoms with Gasteiger partial charge in [0.15, 0.2) is 0 Å². The molecule has 0 unspecified atom stereocenters. The fraction of sp³-hybridized carbons (Fsp3) is 0.909. The van der Waals surface area contributed by atoms with Crippen LogP contribution in [0, 0.1) is 0 Å². The van der Waals surface area contributed by atoms with E-state index in [1.54, 1.807) is 0 Å². The molecule has 0 aromatic rings. The lowest BCUT2D eigenvalue weighted by Gasteiger charge is -2.17. The molecule has 0 aliphatic carbocycles. The number of nitrogens with one attached hydrogen (secondary N) is 2. The molecule has 0 bridgehead atoms. The summed E-state index contributed by atoms with van der Waals surface area (Å²) in [5.74, 6) is 0.349. The Morgan fingerprint density at radius 2 is 0.893 bits per heavy atom. The van der Waals surface area contributed by atoms with Crippen molar-refractivity contribution in [2.24, 2.45) is 0 Å². The molecule has 0 saturated carbocycles. The number of nitrogens with zero attached hydrogens (tertiary/aromatic N) is 2. The quantitative estimate of drug-likeness (QED) is 0.328. The summed E-state index contributed by atoms with van der Waals surface area (Å²) in [6, 6.07) is 0. The van der Waals surface area contributed by atoms with Crippen molar-refractivity contribution in [2.45, 2.75) is 79.1 Å². The minimum Gasteiger partial charge on any atom is -0.355 e. The van der Waals surface area contributed by atoms with Crippen LogP contribution in [-0.2, 0) is 9.59 Å². The average Bonchev–Trinajstić information content (AvgIpc) is 2.70. The third-order valence-electron chi connectivity index (χ3n) is 5.35. The van der Waals surface area contributed by atoms with Gasteiger partial charge in [-0.1, -0.05) is 53.4 Å². The number of hydrogen-bond acceptors (Lipinski definition) is 4. The van der Waals surface area contributed by atoms with Crippen molar-refractivity contribution >= 4 is 11.8 Å². The Hall–Kier alpha value is -1.14. The van der Waals surface area contributed by atoms with Crippen LogP contribution in [0.2, 0.25) is 0 Å². The lowest BCUT2D eigenvalue weighted by atomic mass is 10.1. The molecule has 2 amide bonds. The summed E-state index contributed by atoms with van der Waals surface area (Å²) in [6.07, 6.45) is 7.68. The van der Waals surface area contributed by atoms with Crippen molar-refractivity contribution in [1.82, 2.24) is 20.4 Å². The summed E-state index contributed by atoms with van der Waals surface area (Å²) in [6.45, 7) is 16.1. The summed E-state index contributed by atoms with van der Waals surface area (Å²) >= 11 is 0. The Bertz CT molecular complexity index is 347. The second-order valence-electron chi connectivity index (χ2n) is 7.37. The molecule has 2 N–H and O–H groups in total. The normalized spacial score (nSPS) is 11.2. The molecule has 0 fully saturated rings. The Kier molecular flexibility index (Phi) is 18.4. The van der Waals surface area contributed by atoms with E-state index < -0.39 is 0 Å². The van der Waals surface area contributed by atoms with E-state index in [1.807, 2.05) is 0 Å². The molecule has 0 saturated heterocycles. The lowest BCUT2D eigenvalue weighted by Crippen LogP contribution is -2.34. The average molecular weight is 399 g/mol. The van der Waals surface area contributed by atoms with Crippen LogP contribution in [0.3, 0.4) is 0 Å². The summed E-state index contributed by atoms with van der Waals surface area (Å²) in [7, 11) is 0. The van der Waals surface area contributed by atoms with Gasteiger partial charge >= 0.3 is 0 Å². The molecule has 6 heteroatoms. The zero-order valence-electron chi connectivity index (χ0n) is 19.0. The molecule has 0 aromatic heterocycles. The topological polar surface area (TPSA) is 64.7 Å². The molecule has 28 heavy (non-hydrogen) atoms. The van der Waals surface area contributed by atoms with E-state index in [0.29, 0.717) is 12.8 Å². The number of carbonyl (C=O) groups is 2. The van der Waals surface area contributed by atoms with Crippen LogP contribution in [0.25, 0.3) is 0 Å².